The quantitative estimate of drug-likeness (QED) is 0.702. The van der Waals surface area contributed by atoms with Crippen LogP contribution in [0.15, 0.2) is 0 Å². The lowest BCUT2D eigenvalue weighted by Crippen LogP contribution is -2.42. The third-order valence-corrected chi connectivity index (χ3v) is 4.08. The highest BCUT2D eigenvalue weighted by Gasteiger charge is 2.35. The highest BCUT2D eigenvalue weighted by molar-refractivity contribution is 5.79. The van der Waals surface area contributed by atoms with Gasteiger partial charge in [0, 0.05) is 13.0 Å². The van der Waals surface area contributed by atoms with Gasteiger partial charge >= 0.3 is 5.97 Å². The Morgan fingerprint density at radius 3 is 2.00 bits per heavy atom. The van der Waals surface area contributed by atoms with Gasteiger partial charge in [0.15, 0.2) is 0 Å². The summed E-state index contributed by atoms with van der Waals surface area (Å²) in [6, 6.07) is 0. The summed E-state index contributed by atoms with van der Waals surface area (Å²) in [5.41, 5.74) is -0.823. The van der Waals surface area contributed by atoms with Crippen LogP contribution in [0.4, 0.5) is 0 Å². The molecule has 0 radical (unpaired) electrons. The van der Waals surface area contributed by atoms with Crippen molar-refractivity contribution in [2.75, 3.05) is 6.54 Å². The number of hydrogen-bond acceptors (Lipinski definition) is 2. The van der Waals surface area contributed by atoms with E-state index in [1.54, 1.807) is 0 Å². The van der Waals surface area contributed by atoms with Crippen LogP contribution in [-0.4, -0.2) is 23.5 Å². The average molecular weight is 257 g/mol. The van der Waals surface area contributed by atoms with Crippen molar-refractivity contribution in [1.29, 1.82) is 0 Å². The van der Waals surface area contributed by atoms with Gasteiger partial charge in [-0.25, -0.2) is 0 Å². The van der Waals surface area contributed by atoms with Crippen LogP contribution in [0.1, 0.15) is 53.9 Å². The number of carboxylic acids is 1. The number of amides is 1. The molecule has 1 amide bonds. The average Bonchev–Trinajstić information content (AvgIpc) is 2.30. The summed E-state index contributed by atoms with van der Waals surface area (Å²) in [5.74, 6) is -0.113. The number of rotatable bonds is 8. The molecular weight excluding hydrogens is 230 g/mol. The summed E-state index contributed by atoms with van der Waals surface area (Å²) < 4.78 is 0. The van der Waals surface area contributed by atoms with Gasteiger partial charge < -0.3 is 10.4 Å². The van der Waals surface area contributed by atoms with Gasteiger partial charge in [-0.15, -0.1) is 0 Å². The maximum absolute atomic E-state index is 11.8. The molecule has 0 fully saturated rings. The van der Waals surface area contributed by atoms with Gasteiger partial charge in [-0.3, -0.25) is 9.59 Å². The molecule has 1 atom stereocenters. The molecule has 0 aromatic heterocycles. The second-order valence-electron chi connectivity index (χ2n) is 5.49. The van der Waals surface area contributed by atoms with Crippen molar-refractivity contribution in [2.45, 2.75) is 53.9 Å². The third kappa shape index (κ3) is 4.67. The van der Waals surface area contributed by atoms with Gasteiger partial charge in [-0.1, -0.05) is 34.6 Å². The van der Waals surface area contributed by atoms with E-state index >= 15 is 0 Å². The van der Waals surface area contributed by atoms with Gasteiger partial charge in [0.05, 0.1) is 5.41 Å². The predicted molar refractivity (Wildman–Crippen MR) is 72.3 cm³/mol. The molecular formula is C14H27NO3. The molecule has 0 aromatic rings. The first-order valence-corrected chi connectivity index (χ1v) is 6.79. The standard InChI is InChI=1S/C14H27NO3/c1-6-14(7-2,13(17)18)9-15-12(16)8-11(5)10(3)4/h10-11H,6-9H2,1-5H3,(H,15,16)(H,17,18). The van der Waals surface area contributed by atoms with Crippen molar-refractivity contribution in [2.24, 2.45) is 17.3 Å². The smallest absolute Gasteiger partial charge is 0.311 e. The minimum absolute atomic E-state index is 0.0521. The lowest BCUT2D eigenvalue weighted by atomic mass is 9.82. The van der Waals surface area contributed by atoms with Crippen molar-refractivity contribution in [3.63, 3.8) is 0 Å². The van der Waals surface area contributed by atoms with E-state index in [4.69, 9.17) is 0 Å². The number of carboxylic acid groups (broad SMARTS) is 1. The zero-order valence-corrected chi connectivity index (χ0v) is 12.2. The number of carbonyl (C=O) groups is 2. The van der Waals surface area contributed by atoms with Gasteiger partial charge in [0.25, 0.3) is 0 Å². The molecule has 4 heteroatoms. The van der Waals surface area contributed by atoms with Gasteiger partial charge in [-0.05, 0) is 24.7 Å². The molecule has 106 valence electrons. The lowest BCUT2D eigenvalue weighted by Gasteiger charge is -2.27. The molecule has 0 saturated carbocycles. The Morgan fingerprint density at radius 2 is 1.67 bits per heavy atom. The summed E-state index contributed by atoms with van der Waals surface area (Å²) in [4.78, 5) is 23.0. The first-order valence-electron chi connectivity index (χ1n) is 6.79. The fourth-order valence-corrected chi connectivity index (χ4v) is 1.75. The minimum Gasteiger partial charge on any atom is -0.481 e. The van der Waals surface area contributed by atoms with Gasteiger partial charge in [-0.2, -0.15) is 0 Å². The molecule has 4 nitrogen and oxygen atoms in total. The molecule has 0 heterocycles. The van der Waals surface area contributed by atoms with Crippen LogP contribution in [0, 0.1) is 17.3 Å². The van der Waals surface area contributed by atoms with Crippen LogP contribution in [0.25, 0.3) is 0 Å². The van der Waals surface area contributed by atoms with Crippen LogP contribution >= 0.6 is 0 Å². The Bertz CT molecular complexity index is 283. The molecule has 0 saturated heterocycles. The van der Waals surface area contributed by atoms with Crippen molar-refractivity contribution < 1.29 is 14.7 Å². The molecule has 0 aliphatic rings. The first-order chi connectivity index (χ1) is 8.29. The van der Waals surface area contributed by atoms with E-state index in [0.29, 0.717) is 31.1 Å². The monoisotopic (exact) mass is 257 g/mol. The SMILES string of the molecule is CCC(CC)(CNC(=O)CC(C)C(C)C)C(=O)O. The molecule has 0 rings (SSSR count). The van der Waals surface area contributed by atoms with Crippen molar-refractivity contribution in [3.8, 4) is 0 Å². The Balaban J connectivity index is 4.37. The predicted octanol–water partition coefficient (Wildman–Crippen LogP) is 2.68. The van der Waals surface area contributed by atoms with Crippen LogP contribution < -0.4 is 5.32 Å². The van der Waals surface area contributed by atoms with Crippen LogP contribution in [0.3, 0.4) is 0 Å². The summed E-state index contributed by atoms with van der Waals surface area (Å²) in [5, 5.41) is 12.0. The van der Waals surface area contributed by atoms with E-state index in [2.05, 4.69) is 19.2 Å². The normalized spacial score (nSPS) is 13.4. The van der Waals surface area contributed by atoms with Crippen LogP contribution in [0.2, 0.25) is 0 Å². The zero-order chi connectivity index (χ0) is 14.3. The van der Waals surface area contributed by atoms with E-state index in [-0.39, 0.29) is 12.5 Å². The van der Waals surface area contributed by atoms with Crippen LogP contribution in [-0.2, 0) is 9.59 Å². The topological polar surface area (TPSA) is 66.4 Å². The minimum atomic E-state index is -0.829. The molecule has 1 unspecified atom stereocenters. The first kappa shape index (κ1) is 16.9. The Labute approximate surface area is 110 Å². The molecule has 0 bridgehead atoms. The summed E-state index contributed by atoms with van der Waals surface area (Å²) >= 11 is 0. The van der Waals surface area contributed by atoms with E-state index < -0.39 is 11.4 Å². The second-order valence-corrected chi connectivity index (χ2v) is 5.49. The molecule has 2 N–H and O–H groups in total. The van der Waals surface area contributed by atoms with Crippen molar-refractivity contribution in [3.05, 3.63) is 0 Å². The molecule has 0 aliphatic carbocycles. The largest absolute Gasteiger partial charge is 0.481 e. The zero-order valence-electron chi connectivity index (χ0n) is 12.2. The van der Waals surface area contributed by atoms with Gasteiger partial charge in [0.2, 0.25) is 5.91 Å². The highest BCUT2D eigenvalue weighted by atomic mass is 16.4. The summed E-state index contributed by atoms with van der Waals surface area (Å²) in [7, 11) is 0. The summed E-state index contributed by atoms with van der Waals surface area (Å²) in [6.07, 6.45) is 1.51. The van der Waals surface area contributed by atoms with E-state index in [1.165, 1.54) is 0 Å². The summed E-state index contributed by atoms with van der Waals surface area (Å²) in [6.45, 7) is 10.1. The lowest BCUT2D eigenvalue weighted by molar-refractivity contribution is -0.149. The second kappa shape index (κ2) is 7.39. The van der Waals surface area contributed by atoms with E-state index in [0.717, 1.165) is 0 Å². The molecule has 0 aliphatic heterocycles. The Hall–Kier alpha value is -1.06. The maximum atomic E-state index is 11.8. The van der Waals surface area contributed by atoms with Gasteiger partial charge in [0.1, 0.15) is 0 Å². The molecule has 18 heavy (non-hydrogen) atoms. The number of aliphatic carboxylic acids is 1. The number of nitrogens with one attached hydrogen (secondary N) is 1. The Morgan fingerprint density at radius 1 is 1.17 bits per heavy atom. The number of hydrogen-bond donors (Lipinski definition) is 2. The maximum Gasteiger partial charge on any atom is 0.311 e. The van der Waals surface area contributed by atoms with Crippen molar-refractivity contribution in [1.82, 2.24) is 5.32 Å². The molecule has 0 aromatic carbocycles. The molecule has 0 spiro atoms. The van der Waals surface area contributed by atoms with Crippen LogP contribution in [0.5, 0.6) is 0 Å². The van der Waals surface area contributed by atoms with E-state index in [1.807, 2.05) is 20.8 Å². The van der Waals surface area contributed by atoms with Crippen molar-refractivity contribution >= 4 is 11.9 Å². The fraction of sp³-hybridized carbons (Fsp3) is 0.857. The fourth-order valence-electron chi connectivity index (χ4n) is 1.75. The Kier molecular flexibility index (Phi) is 6.96. The highest BCUT2D eigenvalue weighted by Crippen LogP contribution is 2.25. The third-order valence-electron chi connectivity index (χ3n) is 4.08. The number of carbonyl (C=O) groups excluding carboxylic acids is 1. The van der Waals surface area contributed by atoms with E-state index in [9.17, 15) is 14.7 Å².